The summed E-state index contributed by atoms with van der Waals surface area (Å²) in [5.74, 6) is -1.98. The van der Waals surface area contributed by atoms with Gasteiger partial charge in [0.05, 0.1) is 34.4 Å². The lowest BCUT2D eigenvalue weighted by molar-refractivity contribution is -0.870. The molecule has 0 saturated heterocycles. The highest BCUT2D eigenvalue weighted by Crippen LogP contribution is 2.18. The third-order valence-electron chi connectivity index (χ3n) is 14.9. The van der Waals surface area contributed by atoms with E-state index < -0.39 is 18.4 Å². The van der Waals surface area contributed by atoms with E-state index in [1.807, 2.05) is 21.1 Å². The molecule has 0 spiro atoms. The van der Waals surface area contributed by atoms with Crippen molar-refractivity contribution in [3.63, 3.8) is 0 Å². The third kappa shape index (κ3) is 61.0. The standard InChI is InChI=1S/C68H127NO8/c1-6-8-10-12-14-16-18-20-22-24-26-28-30-32-33-35-37-39-41-43-45-47-49-51-53-55-57-59-66(71)77-64(63-76-68(67(72)73)74-61-60-69(3,4)5)62-75-65(70)58-56-54-52-50-48-46-44-42-40-38-36-34-31-29-27-25-23-21-19-17-15-13-11-9-7-2/h18,20,24-27,64,68H,6-17,19,21-23,28-63H2,1-5H3/p+1/b20-18-,26-24-,27-25-. The summed E-state index contributed by atoms with van der Waals surface area (Å²) in [5, 5.41) is 9.73. The highest BCUT2D eigenvalue weighted by Gasteiger charge is 2.25. The number of carbonyl (C=O) groups excluding carboxylic acids is 2. The topological polar surface area (TPSA) is 108 Å². The molecule has 0 aliphatic heterocycles. The zero-order valence-electron chi connectivity index (χ0n) is 51.6. The maximum Gasteiger partial charge on any atom is 0.361 e. The van der Waals surface area contributed by atoms with E-state index >= 15 is 0 Å². The smallest absolute Gasteiger partial charge is 0.361 e. The molecule has 0 amide bonds. The minimum absolute atomic E-state index is 0.178. The average molecular weight is 1090 g/mol. The van der Waals surface area contributed by atoms with E-state index in [4.69, 9.17) is 18.9 Å². The number of quaternary nitrogens is 1. The maximum absolute atomic E-state index is 12.9. The fraction of sp³-hybridized carbons (Fsp3) is 0.868. The molecule has 0 aromatic rings. The van der Waals surface area contributed by atoms with Crippen molar-refractivity contribution in [2.45, 2.75) is 334 Å². The monoisotopic (exact) mass is 1090 g/mol. The third-order valence-corrected chi connectivity index (χ3v) is 14.9. The fourth-order valence-electron chi connectivity index (χ4n) is 9.75. The Labute approximate surface area is 477 Å². The van der Waals surface area contributed by atoms with Crippen LogP contribution in [0.1, 0.15) is 322 Å². The summed E-state index contributed by atoms with van der Waals surface area (Å²) >= 11 is 0. The van der Waals surface area contributed by atoms with Crippen LogP contribution in [0.3, 0.4) is 0 Å². The number of allylic oxidation sites excluding steroid dienone is 6. The van der Waals surface area contributed by atoms with Crippen LogP contribution >= 0.6 is 0 Å². The van der Waals surface area contributed by atoms with Crippen molar-refractivity contribution in [3.05, 3.63) is 36.5 Å². The van der Waals surface area contributed by atoms with Gasteiger partial charge in [-0.05, 0) is 70.6 Å². The Balaban J connectivity index is 4.13. The van der Waals surface area contributed by atoms with Gasteiger partial charge in [0.1, 0.15) is 13.2 Å². The molecule has 0 fully saturated rings. The van der Waals surface area contributed by atoms with Crippen LogP contribution in [0.4, 0.5) is 0 Å². The summed E-state index contributed by atoms with van der Waals surface area (Å²) in [6, 6.07) is 0. The maximum atomic E-state index is 12.9. The molecule has 0 radical (unpaired) electrons. The summed E-state index contributed by atoms with van der Waals surface area (Å²) in [4.78, 5) is 37.6. The molecule has 1 N–H and O–H groups in total. The molecule has 77 heavy (non-hydrogen) atoms. The normalized spacial score (nSPS) is 12.9. The average Bonchev–Trinajstić information content (AvgIpc) is 3.40. The molecule has 0 aliphatic rings. The Hall–Kier alpha value is -2.49. The van der Waals surface area contributed by atoms with Gasteiger partial charge in [0.2, 0.25) is 0 Å². The lowest BCUT2D eigenvalue weighted by atomic mass is 10.0. The second-order valence-electron chi connectivity index (χ2n) is 23.8. The zero-order chi connectivity index (χ0) is 56.2. The summed E-state index contributed by atoms with van der Waals surface area (Å²) in [6.45, 7) is 4.92. The second-order valence-corrected chi connectivity index (χ2v) is 23.8. The summed E-state index contributed by atoms with van der Waals surface area (Å²) in [7, 11) is 5.98. The van der Waals surface area contributed by atoms with Crippen LogP contribution in [0.5, 0.6) is 0 Å². The quantitative estimate of drug-likeness (QED) is 0.0211. The van der Waals surface area contributed by atoms with E-state index in [1.165, 1.54) is 250 Å². The first-order valence-electron chi connectivity index (χ1n) is 33.2. The van der Waals surface area contributed by atoms with Crippen LogP contribution in [-0.4, -0.2) is 87.4 Å². The van der Waals surface area contributed by atoms with Gasteiger partial charge in [0.15, 0.2) is 6.10 Å². The Kier molecular flexibility index (Phi) is 57.7. The van der Waals surface area contributed by atoms with Crippen molar-refractivity contribution in [3.8, 4) is 0 Å². The number of ether oxygens (including phenoxy) is 4. The number of hydrogen-bond acceptors (Lipinski definition) is 7. The lowest BCUT2D eigenvalue weighted by Crippen LogP contribution is -2.40. The van der Waals surface area contributed by atoms with Gasteiger partial charge in [-0.1, -0.05) is 275 Å². The molecule has 0 heterocycles. The molecular formula is C68H128NO8+. The van der Waals surface area contributed by atoms with Gasteiger partial charge in [0.25, 0.3) is 6.29 Å². The first kappa shape index (κ1) is 74.5. The Bertz CT molecular complexity index is 1360. The number of likely N-dealkylation sites (N-methyl/N-ethyl adjacent to an activating group) is 1. The molecule has 0 aromatic carbocycles. The van der Waals surface area contributed by atoms with Gasteiger partial charge < -0.3 is 28.5 Å². The highest BCUT2D eigenvalue weighted by molar-refractivity contribution is 5.71. The van der Waals surface area contributed by atoms with Crippen LogP contribution < -0.4 is 0 Å². The van der Waals surface area contributed by atoms with Crippen LogP contribution in [0.15, 0.2) is 36.5 Å². The molecule has 9 nitrogen and oxygen atoms in total. The minimum atomic E-state index is -1.51. The second kappa shape index (κ2) is 59.6. The van der Waals surface area contributed by atoms with E-state index in [-0.39, 0.29) is 38.2 Å². The molecule has 2 unspecified atom stereocenters. The van der Waals surface area contributed by atoms with E-state index in [9.17, 15) is 19.5 Å². The molecule has 0 bridgehead atoms. The number of esters is 2. The lowest BCUT2D eigenvalue weighted by Gasteiger charge is -2.25. The number of carboxylic acids is 1. The van der Waals surface area contributed by atoms with Gasteiger partial charge in [0, 0.05) is 12.8 Å². The molecular weight excluding hydrogens is 959 g/mol. The molecule has 2 atom stereocenters. The first-order valence-corrected chi connectivity index (χ1v) is 33.2. The largest absolute Gasteiger partial charge is 0.477 e. The Morgan fingerprint density at radius 1 is 0.390 bits per heavy atom. The predicted molar refractivity (Wildman–Crippen MR) is 327 cm³/mol. The van der Waals surface area contributed by atoms with E-state index in [0.29, 0.717) is 17.4 Å². The van der Waals surface area contributed by atoms with Crippen LogP contribution in [0.25, 0.3) is 0 Å². The number of rotatable bonds is 62. The minimum Gasteiger partial charge on any atom is -0.477 e. The van der Waals surface area contributed by atoms with E-state index in [1.54, 1.807) is 0 Å². The van der Waals surface area contributed by atoms with Crippen molar-refractivity contribution >= 4 is 17.9 Å². The number of carboxylic acid groups (broad SMARTS) is 1. The van der Waals surface area contributed by atoms with Crippen LogP contribution in [0.2, 0.25) is 0 Å². The SMILES string of the molecule is CCCCCCC/C=C\C/C=C\CCCCCCCCCCCCCCCCCC(=O)OC(COC(=O)CCCCCCCCCCCCCCC/C=C\CCCCCCCCCC)COC(OCC[N+](C)(C)C)C(=O)O. The highest BCUT2D eigenvalue weighted by atomic mass is 16.7. The van der Waals surface area contributed by atoms with Crippen molar-refractivity contribution in [1.82, 2.24) is 0 Å². The summed E-state index contributed by atoms with van der Waals surface area (Å²) in [5.41, 5.74) is 0. The number of unbranched alkanes of at least 4 members (excludes halogenated alkanes) is 41. The number of carbonyl (C=O) groups is 3. The van der Waals surface area contributed by atoms with Crippen molar-refractivity contribution in [2.75, 3.05) is 47.5 Å². The van der Waals surface area contributed by atoms with Crippen molar-refractivity contribution in [1.29, 1.82) is 0 Å². The van der Waals surface area contributed by atoms with Gasteiger partial charge in [-0.3, -0.25) is 9.59 Å². The van der Waals surface area contributed by atoms with Gasteiger partial charge >= 0.3 is 17.9 Å². The Morgan fingerprint density at radius 3 is 1.04 bits per heavy atom. The van der Waals surface area contributed by atoms with E-state index in [0.717, 1.165) is 44.9 Å². The summed E-state index contributed by atoms with van der Waals surface area (Å²) < 4.78 is 23.0. The van der Waals surface area contributed by atoms with Crippen LogP contribution in [-0.2, 0) is 33.3 Å². The summed E-state index contributed by atoms with van der Waals surface area (Å²) in [6.07, 6.45) is 71.0. The zero-order valence-corrected chi connectivity index (χ0v) is 51.6. The van der Waals surface area contributed by atoms with Crippen molar-refractivity contribution < 1.29 is 42.9 Å². The van der Waals surface area contributed by atoms with Gasteiger partial charge in [-0.15, -0.1) is 0 Å². The van der Waals surface area contributed by atoms with Gasteiger partial charge in [-0.2, -0.15) is 0 Å². The molecule has 0 saturated carbocycles. The number of aliphatic carboxylic acids is 1. The fourth-order valence-corrected chi connectivity index (χ4v) is 9.75. The van der Waals surface area contributed by atoms with Crippen molar-refractivity contribution in [2.24, 2.45) is 0 Å². The first-order chi connectivity index (χ1) is 37.6. The molecule has 9 heteroatoms. The molecule has 0 aliphatic carbocycles. The molecule has 452 valence electrons. The molecule has 0 rings (SSSR count). The van der Waals surface area contributed by atoms with E-state index in [2.05, 4.69) is 50.3 Å². The van der Waals surface area contributed by atoms with Crippen LogP contribution in [0, 0.1) is 0 Å². The molecule has 0 aromatic heterocycles. The van der Waals surface area contributed by atoms with Gasteiger partial charge in [-0.25, -0.2) is 4.79 Å². The number of hydrogen-bond donors (Lipinski definition) is 1. The Morgan fingerprint density at radius 2 is 0.701 bits per heavy atom. The predicted octanol–water partition coefficient (Wildman–Crippen LogP) is 20.0. The number of nitrogens with zero attached hydrogens (tertiary/aromatic N) is 1.